The highest BCUT2D eigenvalue weighted by Gasteiger charge is 2.07. The van der Waals surface area contributed by atoms with E-state index in [0.29, 0.717) is 11.3 Å². The molecule has 5 heteroatoms. The highest BCUT2D eigenvalue weighted by Crippen LogP contribution is 2.00. The van der Waals surface area contributed by atoms with E-state index in [1.807, 2.05) is 0 Å². The zero-order chi connectivity index (χ0) is 9.14. The summed E-state index contributed by atoms with van der Waals surface area (Å²) in [6.45, 7) is 1.94. The topological polar surface area (TPSA) is 93.8 Å². The van der Waals surface area contributed by atoms with E-state index in [4.69, 9.17) is 11.5 Å². The van der Waals surface area contributed by atoms with E-state index in [1.54, 1.807) is 13.0 Å². The Morgan fingerprint density at radius 2 is 2.33 bits per heavy atom. The molecule has 0 atom stereocenters. The number of allylic oxidation sites excluding steroid dienone is 1. The molecule has 0 aromatic heterocycles. The number of carbonyl (C=O) groups is 1. The van der Waals surface area contributed by atoms with Crippen LogP contribution in [0.2, 0.25) is 0 Å². The highest BCUT2D eigenvalue weighted by atomic mass is 16.1. The fourth-order valence-electron chi connectivity index (χ4n) is 0.861. The molecule has 0 radical (unpaired) electrons. The van der Waals surface area contributed by atoms with Crippen molar-refractivity contribution in [1.29, 1.82) is 0 Å². The number of rotatable bonds is 1. The molecule has 0 saturated heterocycles. The van der Waals surface area contributed by atoms with Crippen LogP contribution >= 0.6 is 0 Å². The summed E-state index contributed by atoms with van der Waals surface area (Å²) in [6, 6.07) is 0. The van der Waals surface area contributed by atoms with Crippen LogP contribution in [0, 0.1) is 0 Å². The molecular formula is C7H10N4O. The Kier molecular flexibility index (Phi) is 2.23. The summed E-state index contributed by atoms with van der Waals surface area (Å²) in [5, 5.41) is 0. The van der Waals surface area contributed by atoms with E-state index in [9.17, 15) is 4.79 Å². The van der Waals surface area contributed by atoms with Gasteiger partial charge in [0.25, 0.3) is 0 Å². The maximum absolute atomic E-state index is 10.7. The van der Waals surface area contributed by atoms with Gasteiger partial charge in [-0.2, -0.15) is 0 Å². The summed E-state index contributed by atoms with van der Waals surface area (Å²) < 4.78 is 0. The minimum atomic E-state index is -0.483. The van der Waals surface area contributed by atoms with Gasteiger partial charge in [0, 0.05) is 11.3 Å². The van der Waals surface area contributed by atoms with E-state index in [0.717, 1.165) is 0 Å². The van der Waals surface area contributed by atoms with Gasteiger partial charge in [0.15, 0.2) is 0 Å². The van der Waals surface area contributed by atoms with E-state index in [2.05, 4.69) is 9.98 Å². The number of hydrogen-bond donors (Lipinski definition) is 2. The first-order chi connectivity index (χ1) is 5.59. The molecule has 1 aliphatic heterocycles. The molecule has 1 amide bonds. The number of carbonyl (C=O) groups excluding carboxylic acids is 1. The average Bonchev–Trinajstić information content (AvgIpc) is 2.11. The molecule has 64 valence electrons. The third-order valence-corrected chi connectivity index (χ3v) is 1.40. The smallest absolute Gasteiger partial charge is 0.246 e. The first kappa shape index (κ1) is 8.45. The second-order valence-electron chi connectivity index (χ2n) is 2.46. The van der Waals surface area contributed by atoms with E-state index in [1.165, 1.54) is 0 Å². The van der Waals surface area contributed by atoms with Crippen molar-refractivity contribution in [3.05, 3.63) is 11.6 Å². The predicted molar refractivity (Wildman–Crippen MR) is 46.9 cm³/mol. The van der Waals surface area contributed by atoms with Gasteiger partial charge < -0.3 is 11.5 Å². The summed E-state index contributed by atoms with van der Waals surface area (Å²) in [4.78, 5) is 18.4. The van der Waals surface area contributed by atoms with Crippen molar-refractivity contribution >= 4 is 17.6 Å². The predicted octanol–water partition coefficient (Wildman–Crippen LogP) is -0.813. The average molecular weight is 166 g/mol. The van der Waals surface area contributed by atoms with Gasteiger partial charge in [0.2, 0.25) is 11.9 Å². The van der Waals surface area contributed by atoms with E-state index in [-0.39, 0.29) is 12.5 Å². The Morgan fingerprint density at radius 3 is 2.92 bits per heavy atom. The molecule has 0 spiro atoms. The first-order valence-electron chi connectivity index (χ1n) is 3.45. The second kappa shape index (κ2) is 3.17. The minimum Gasteiger partial charge on any atom is -0.368 e. The van der Waals surface area contributed by atoms with Crippen LogP contribution in [0.5, 0.6) is 0 Å². The second-order valence-corrected chi connectivity index (χ2v) is 2.46. The SMILES string of the molecule is CC1=NC(N)=NCC(C(N)=O)=C1. The normalized spacial score (nSPS) is 17.2. The zero-order valence-electron chi connectivity index (χ0n) is 6.74. The van der Waals surface area contributed by atoms with Crippen molar-refractivity contribution in [2.45, 2.75) is 6.92 Å². The Morgan fingerprint density at radius 1 is 1.67 bits per heavy atom. The maximum atomic E-state index is 10.7. The largest absolute Gasteiger partial charge is 0.368 e. The summed E-state index contributed by atoms with van der Waals surface area (Å²) in [6.07, 6.45) is 1.59. The van der Waals surface area contributed by atoms with Crippen LogP contribution in [0.15, 0.2) is 21.6 Å². The molecule has 1 aliphatic rings. The Hall–Kier alpha value is -1.65. The van der Waals surface area contributed by atoms with Crippen LogP contribution in [0.1, 0.15) is 6.92 Å². The molecule has 5 nitrogen and oxygen atoms in total. The van der Waals surface area contributed by atoms with Crippen LogP contribution < -0.4 is 11.5 Å². The quantitative estimate of drug-likeness (QED) is 0.533. The number of primary amides is 1. The molecule has 12 heavy (non-hydrogen) atoms. The lowest BCUT2D eigenvalue weighted by atomic mass is 10.2. The highest BCUT2D eigenvalue weighted by molar-refractivity contribution is 6.07. The Labute approximate surface area is 69.9 Å². The molecule has 0 bridgehead atoms. The molecule has 0 unspecified atom stereocenters. The summed E-state index contributed by atoms with van der Waals surface area (Å²) in [7, 11) is 0. The van der Waals surface area contributed by atoms with Gasteiger partial charge in [0.05, 0.1) is 6.54 Å². The van der Waals surface area contributed by atoms with Gasteiger partial charge >= 0.3 is 0 Å². The first-order valence-corrected chi connectivity index (χ1v) is 3.45. The lowest BCUT2D eigenvalue weighted by Gasteiger charge is -1.94. The summed E-state index contributed by atoms with van der Waals surface area (Å²) >= 11 is 0. The van der Waals surface area contributed by atoms with Crippen molar-refractivity contribution in [2.75, 3.05) is 6.54 Å². The summed E-state index contributed by atoms with van der Waals surface area (Å²) in [5.41, 5.74) is 11.5. The molecule has 0 fully saturated rings. The molecule has 0 saturated carbocycles. The van der Waals surface area contributed by atoms with E-state index >= 15 is 0 Å². The standard InChI is InChI=1S/C7H10N4O/c1-4-2-5(6(8)12)3-10-7(9)11-4/h2H,3H2,1H3,(H2,8,12)(H2,9,10). The van der Waals surface area contributed by atoms with Gasteiger partial charge in [-0.05, 0) is 13.0 Å². The Bertz CT molecular complexity index is 301. The molecule has 1 heterocycles. The lowest BCUT2D eigenvalue weighted by Crippen LogP contribution is -2.16. The van der Waals surface area contributed by atoms with Gasteiger partial charge in [0.1, 0.15) is 0 Å². The fourth-order valence-corrected chi connectivity index (χ4v) is 0.861. The molecule has 4 N–H and O–H groups in total. The molecule has 0 aromatic rings. The molecule has 1 rings (SSSR count). The van der Waals surface area contributed by atoms with Crippen molar-refractivity contribution in [3.8, 4) is 0 Å². The van der Waals surface area contributed by atoms with Gasteiger partial charge in [-0.3, -0.25) is 4.79 Å². The van der Waals surface area contributed by atoms with Crippen LogP contribution in [0.25, 0.3) is 0 Å². The van der Waals surface area contributed by atoms with Crippen LogP contribution in [0.3, 0.4) is 0 Å². The lowest BCUT2D eigenvalue weighted by molar-refractivity contribution is -0.114. The number of nitrogens with two attached hydrogens (primary N) is 2. The van der Waals surface area contributed by atoms with Crippen molar-refractivity contribution < 1.29 is 4.79 Å². The van der Waals surface area contributed by atoms with E-state index < -0.39 is 5.91 Å². The number of aliphatic imine (C=N–C) groups is 2. The van der Waals surface area contributed by atoms with Crippen molar-refractivity contribution in [3.63, 3.8) is 0 Å². The summed E-state index contributed by atoms with van der Waals surface area (Å²) in [5.74, 6) is -0.303. The van der Waals surface area contributed by atoms with Crippen LogP contribution in [-0.4, -0.2) is 24.1 Å². The van der Waals surface area contributed by atoms with Crippen LogP contribution in [0.4, 0.5) is 0 Å². The van der Waals surface area contributed by atoms with Crippen LogP contribution in [-0.2, 0) is 4.79 Å². The fraction of sp³-hybridized carbons (Fsp3) is 0.286. The number of guanidine groups is 1. The Balaban J connectivity index is 2.97. The third kappa shape index (κ3) is 1.91. The third-order valence-electron chi connectivity index (χ3n) is 1.40. The van der Waals surface area contributed by atoms with Crippen molar-refractivity contribution in [1.82, 2.24) is 0 Å². The zero-order valence-corrected chi connectivity index (χ0v) is 6.74. The molecule has 0 aliphatic carbocycles. The minimum absolute atomic E-state index is 0.181. The molecule has 0 aromatic carbocycles. The van der Waals surface area contributed by atoms with Crippen molar-refractivity contribution in [2.24, 2.45) is 21.5 Å². The number of hydrogen-bond acceptors (Lipinski definition) is 4. The number of nitrogens with zero attached hydrogens (tertiary/aromatic N) is 2. The van der Waals surface area contributed by atoms with Gasteiger partial charge in [-0.15, -0.1) is 0 Å². The van der Waals surface area contributed by atoms with Gasteiger partial charge in [-0.25, -0.2) is 9.98 Å². The molecular weight excluding hydrogens is 156 g/mol. The monoisotopic (exact) mass is 166 g/mol. The maximum Gasteiger partial charge on any atom is 0.246 e. The van der Waals surface area contributed by atoms with Gasteiger partial charge in [-0.1, -0.05) is 0 Å². The number of amides is 1.